The quantitative estimate of drug-likeness (QED) is 0.415. The summed E-state index contributed by atoms with van der Waals surface area (Å²) >= 11 is 0. The predicted molar refractivity (Wildman–Crippen MR) is 133 cm³/mol. The van der Waals surface area contributed by atoms with Crippen molar-refractivity contribution in [3.63, 3.8) is 0 Å². The van der Waals surface area contributed by atoms with Crippen LogP contribution in [0.15, 0.2) is 71.6 Å². The van der Waals surface area contributed by atoms with Crippen molar-refractivity contribution < 1.29 is 27.5 Å². The van der Waals surface area contributed by atoms with E-state index in [1.54, 1.807) is 32.2 Å². The molecule has 3 rings (SSSR count). The second kappa shape index (κ2) is 11.5. The lowest BCUT2D eigenvalue weighted by Gasteiger charge is -2.12. The van der Waals surface area contributed by atoms with E-state index in [2.05, 4.69) is 10.0 Å². The Bertz CT molecular complexity index is 1300. The standard InChI is InChI=1S/C26H28N2O6S/c1-18-5-4-6-22(15-18)28-35(31,32)24-16-21(10-7-19(24)2)26(30)34-17-25(29)27-14-13-20-8-11-23(33-3)12-9-20/h4-12,15-16,28H,13-14,17H2,1-3H3,(H,27,29). The highest BCUT2D eigenvalue weighted by Gasteiger charge is 2.20. The van der Waals surface area contributed by atoms with E-state index in [-0.39, 0.29) is 10.5 Å². The van der Waals surface area contributed by atoms with Crippen molar-refractivity contribution in [1.82, 2.24) is 5.32 Å². The summed E-state index contributed by atoms with van der Waals surface area (Å²) in [6, 6.07) is 18.7. The van der Waals surface area contributed by atoms with Crippen LogP contribution in [-0.2, 0) is 26.0 Å². The molecule has 0 fully saturated rings. The van der Waals surface area contributed by atoms with Crippen LogP contribution in [0.3, 0.4) is 0 Å². The molecule has 0 spiro atoms. The van der Waals surface area contributed by atoms with E-state index in [1.165, 1.54) is 18.2 Å². The lowest BCUT2D eigenvalue weighted by atomic mass is 10.1. The number of methoxy groups -OCH3 is 1. The molecule has 0 aliphatic carbocycles. The Morgan fingerprint density at radius 3 is 2.37 bits per heavy atom. The lowest BCUT2D eigenvalue weighted by molar-refractivity contribution is -0.124. The smallest absolute Gasteiger partial charge is 0.338 e. The Labute approximate surface area is 205 Å². The maximum Gasteiger partial charge on any atom is 0.338 e. The molecule has 0 aliphatic rings. The molecule has 9 heteroatoms. The van der Waals surface area contributed by atoms with Crippen LogP contribution < -0.4 is 14.8 Å². The third kappa shape index (κ3) is 7.31. The molecule has 0 radical (unpaired) electrons. The van der Waals surface area contributed by atoms with E-state index in [9.17, 15) is 18.0 Å². The minimum Gasteiger partial charge on any atom is -0.497 e. The van der Waals surface area contributed by atoms with Crippen molar-refractivity contribution in [2.24, 2.45) is 0 Å². The SMILES string of the molecule is COc1ccc(CCNC(=O)COC(=O)c2ccc(C)c(S(=O)(=O)Nc3cccc(C)c3)c2)cc1. The summed E-state index contributed by atoms with van der Waals surface area (Å²) in [5.74, 6) is -0.488. The summed E-state index contributed by atoms with van der Waals surface area (Å²) in [6.45, 7) is 3.39. The number of esters is 1. The third-order valence-corrected chi connectivity index (χ3v) is 6.74. The Morgan fingerprint density at radius 2 is 1.69 bits per heavy atom. The summed E-state index contributed by atoms with van der Waals surface area (Å²) in [6.07, 6.45) is 0.608. The van der Waals surface area contributed by atoms with E-state index < -0.39 is 28.5 Å². The molecule has 0 saturated heterocycles. The van der Waals surface area contributed by atoms with Gasteiger partial charge in [0.1, 0.15) is 5.75 Å². The number of anilines is 1. The predicted octanol–water partition coefficient (Wildman–Crippen LogP) is 3.63. The van der Waals surface area contributed by atoms with Gasteiger partial charge < -0.3 is 14.8 Å². The number of carbonyl (C=O) groups is 2. The van der Waals surface area contributed by atoms with Crippen molar-refractivity contribution in [2.75, 3.05) is 25.0 Å². The van der Waals surface area contributed by atoms with Crippen LogP contribution in [0.1, 0.15) is 27.0 Å². The first kappa shape index (κ1) is 25.8. The fraction of sp³-hybridized carbons (Fsp3) is 0.231. The number of nitrogens with one attached hydrogen (secondary N) is 2. The molecule has 8 nitrogen and oxygen atoms in total. The Morgan fingerprint density at radius 1 is 0.943 bits per heavy atom. The summed E-state index contributed by atoms with van der Waals surface area (Å²) in [7, 11) is -2.34. The first-order valence-electron chi connectivity index (χ1n) is 10.9. The highest BCUT2D eigenvalue weighted by atomic mass is 32.2. The molecule has 0 heterocycles. The zero-order valence-corrected chi connectivity index (χ0v) is 20.6. The highest BCUT2D eigenvalue weighted by molar-refractivity contribution is 7.92. The van der Waals surface area contributed by atoms with Crippen molar-refractivity contribution >= 4 is 27.6 Å². The number of sulfonamides is 1. The van der Waals surface area contributed by atoms with Gasteiger partial charge in [-0.25, -0.2) is 13.2 Å². The summed E-state index contributed by atoms with van der Waals surface area (Å²) in [5.41, 5.74) is 2.85. The number of hydrogen-bond donors (Lipinski definition) is 2. The van der Waals surface area contributed by atoms with Gasteiger partial charge in [0.2, 0.25) is 0 Å². The Kier molecular flexibility index (Phi) is 8.48. The third-order valence-electron chi connectivity index (χ3n) is 5.21. The Hall–Kier alpha value is -3.85. The van der Waals surface area contributed by atoms with Gasteiger partial charge in [0.05, 0.1) is 17.6 Å². The maximum atomic E-state index is 12.9. The number of hydrogen-bond acceptors (Lipinski definition) is 6. The average molecular weight is 497 g/mol. The summed E-state index contributed by atoms with van der Waals surface area (Å²) < 4.78 is 38.5. The monoisotopic (exact) mass is 496 g/mol. The molecule has 0 aromatic heterocycles. The van der Waals surface area contributed by atoms with E-state index in [0.717, 1.165) is 16.9 Å². The van der Waals surface area contributed by atoms with Gasteiger partial charge >= 0.3 is 5.97 Å². The number of aryl methyl sites for hydroxylation is 2. The topological polar surface area (TPSA) is 111 Å². The van der Waals surface area contributed by atoms with E-state index in [1.807, 2.05) is 37.3 Å². The molecule has 0 atom stereocenters. The van der Waals surface area contributed by atoms with Crippen molar-refractivity contribution in [1.29, 1.82) is 0 Å². The normalized spacial score (nSPS) is 10.9. The van der Waals surface area contributed by atoms with E-state index >= 15 is 0 Å². The molecule has 0 aliphatic heterocycles. The van der Waals surface area contributed by atoms with Crippen LogP contribution in [0.25, 0.3) is 0 Å². The number of carbonyl (C=O) groups excluding carboxylic acids is 2. The van der Waals surface area contributed by atoms with Crippen molar-refractivity contribution in [3.8, 4) is 5.75 Å². The van der Waals surface area contributed by atoms with Gasteiger partial charge in [-0.2, -0.15) is 0 Å². The van der Waals surface area contributed by atoms with Crippen LogP contribution >= 0.6 is 0 Å². The molecule has 0 bridgehead atoms. The first-order chi connectivity index (χ1) is 16.7. The number of ether oxygens (including phenoxy) is 2. The van der Waals surface area contributed by atoms with Gasteiger partial charge in [0, 0.05) is 12.2 Å². The van der Waals surface area contributed by atoms with Gasteiger partial charge in [0.25, 0.3) is 15.9 Å². The lowest BCUT2D eigenvalue weighted by Crippen LogP contribution is -2.30. The van der Waals surface area contributed by atoms with Crippen molar-refractivity contribution in [2.45, 2.75) is 25.2 Å². The number of amides is 1. The molecule has 3 aromatic carbocycles. The van der Waals surface area contributed by atoms with Crippen LogP contribution in [0.5, 0.6) is 5.75 Å². The molecule has 3 aromatic rings. The molecule has 2 N–H and O–H groups in total. The second-order valence-electron chi connectivity index (χ2n) is 7.98. The number of benzene rings is 3. The van der Waals surface area contributed by atoms with Crippen LogP contribution in [-0.4, -0.2) is 40.6 Å². The van der Waals surface area contributed by atoms with Gasteiger partial charge in [0.15, 0.2) is 6.61 Å². The minimum absolute atomic E-state index is 0.0336. The largest absolute Gasteiger partial charge is 0.497 e. The fourth-order valence-corrected chi connectivity index (χ4v) is 4.66. The first-order valence-corrected chi connectivity index (χ1v) is 12.4. The molecular weight excluding hydrogens is 468 g/mol. The second-order valence-corrected chi connectivity index (χ2v) is 9.63. The highest BCUT2D eigenvalue weighted by Crippen LogP contribution is 2.22. The van der Waals surface area contributed by atoms with Crippen molar-refractivity contribution in [3.05, 3.63) is 89.0 Å². The molecule has 1 amide bonds. The molecule has 0 unspecified atom stereocenters. The summed E-state index contributed by atoms with van der Waals surface area (Å²) in [5, 5.41) is 2.69. The van der Waals surface area contributed by atoms with Crippen LogP contribution in [0, 0.1) is 13.8 Å². The van der Waals surface area contributed by atoms with Gasteiger partial charge in [-0.1, -0.05) is 30.3 Å². The van der Waals surface area contributed by atoms with Gasteiger partial charge in [-0.3, -0.25) is 9.52 Å². The van der Waals surface area contributed by atoms with E-state index in [0.29, 0.717) is 24.2 Å². The fourth-order valence-electron chi connectivity index (χ4n) is 3.34. The summed E-state index contributed by atoms with van der Waals surface area (Å²) in [4.78, 5) is 24.5. The van der Waals surface area contributed by atoms with Gasteiger partial charge in [-0.15, -0.1) is 0 Å². The van der Waals surface area contributed by atoms with Gasteiger partial charge in [-0.05, 0) is 73.4 Å². The molecule has 184 valence electrons. The maximum absolute atomic E-state index is 12.9. The number of rotatable bonds is 10. The molecule has 0 saturated carbocycles. The van der Waals surface area contributed by atoms with E-state index in [4.69, 9.17) is 9.47 Å². The molecule has 35 heavy (non-hydrogen) atoms. The Balaban J connectivity index is 1.56. The van der Waals surface area contributed by atoms with Crippen LogP contribution in [0.2, 0.25) is 0 Å². The zero-order chi connectivity index (χ0) is 25.4. The average Bonchev–Trinajstić information content (AvgIpc) is 2.83. The molecular formula is C26H28N2O6S. The van der Waals surface area contributed by atoms with Crippen LogP contribution in [0.4, 0.5) is 5.69 Å². The zero-order valence-electron chi connectivity index (χ0n) is 19.8. The minimum atomic E-state index is -3.94.